The summed E-state index contributed by atoms with van der Waals surface area (Å²) in [7, 11) is 1.62. The van der Waals surface area contributed by atoms with Crippen molar-refractivity contribution in [2.45, 2.75) is 129 Å². The molecular weight excluding hydrogens is 625 g/mol. The first kappa shape index (κ1) is 46.2. The van der Waals surface area contributed by atoms with Crippen LogP contribution in [0.15, 0.2) is 60.8 Å². The topological polar surface area (TPSA) is 91.3 Å². The molecule has 0 amide bonds. The highest BCUT2D eigenvalue weighted by Gasteiger charge is 2.26. The van der Waals surface area contributed by atoms with Crippen molar-refractivity contribution >= 4 is 13.8 Å². The Morgan fingerprint density at radius 2 is 1.19 bits per heavy atom. The van der Waals surface area contributed by atoms with E-state index in [4.69, 9.17) is 18.5 Å². The van der Waals surface area contributed by atoms with Crippen LogP contribution in [-0.2, 0) is 27.9 Å². The summed E-state index contributed by atoms with van der Waals surface area (Å²) in [6.07, 6.45) is 38.3. The van der Waals surface area contributed by atoms with Crippen molar-refractivity contribution in [3.05, 3.63) is 60.8 Å². The summed E-state index contributed by atoms with van der Waals surface area (Å²) in [5, 5.41) is 0. The van der Waals surface area contributed by atoms with Gasteiger partial charge in [0.25, 0.3) is 0 Å². The van der Waals surface area contributed by atoms with Gasteiger partial charge in [0.05, 0.1) is 34.4 Å². The maximum absolute atomic E-state index is 12.6. The quantitative estimate of drug-likeness (QED) is 0.0240. The van der Waals surface area contributed by atoms with E-state index >= 15 is 0 Å². The number of ether oxygens (including phenoxy) is 2. The predicted octanol–water partition coefficient (Wildman–Crippen LogP) is 10.2. The lowest BCUT2D eigenvalue weighted by atomic mass is 10.1. The maximum Gasteiger partial charge on any atom is 0.472 e. The van der Waals surface area contributed by atoms with Crippen molar-refractivity contribution in [2.75, 3.05) is 54.1 Å². The average molecular weight is 697 g/mol. The van der Waals surface area contributed by atoms with Gasteiger partial charge < -0.3 is 18.9 Å². The van der Waals surface area contributed by atoms with Crippen LogP contribution in [0, 0.1) is 0 Å². The lowest BCUT2D eigenvalue weighted by Crippen LogP contribution is -2.37. The van der Waals surface area contributed by atoms with E-state index in [-0.39, 0.29) is 32.2 Å². The number of nitrogens with zero attached hydrogens (tertiary/aromatic N) is 1. The van der Waals surface area contributed by atoms with Crippen molar-refractivity contribution in [3.8, 4) is 0 Å². The molecule has 1 N–H and O–H groups in total. The van der Waals surface area contributed by atoms with Gasteiger partial charge in [0.1, 0.15) is 19.3 Å². The Bertz CT molecular complexity index is 952. The number of esters is 1. The molecule has 9 heteroatoms. The summed E-state index contributed by atoms with van der Waals surface area (Å²) in [5.74, 6) is -0.374. The fourth-order valence-electron chi connectivity index (χ4n) is 4.47. The number of carbonyl (C=O) groups is 1. The van der Waals surface area contributed by atoms with Crippen LogP contribution in [0.3, 0.4) is 0 Å². The highest BCUT2D eigenvalue weighted by molar-refractivity contribution is 7.47. The number of hydrogen-bond acceptors (Lipinski definition) is 6. The van der Waals surface area contributed by atoms with Crippen molar-refractivity contribution in [1.29, 1.82) is 0 Å². The number of carbonyl (C=O) groups excluding carboxylic acids is 1. The van der Waals surface area contributed by atoms with Crippen molar-refractivity contribution in [1.82, 2.24) is 0 Å². The van der Waals surface area contributed by atoms with Gasteiger partial charge in [-0.3, -0.25) is 13.8 Å². The van der Waals surface area contributed by atoms with E-state index in [0.29, 0.717) is 24.1 Å². The second kappa shape index (κ2) is 32.4. The maximum atomic E-state index is 12.6. The van der Waals surface area contributed by atoms with Crippen LogP contribution in [0.5, 0.6) is 0 Å². The van der Waals surface area contributed by atoms with Gasteiger partial charge >= 0.3 is 13.8 Å². The SMILES string of the molecule is CC/C=C\C/C=C\C/C=C\C/C=C\C/C=C\CCCC(=O)OC(COCCCCCCCCCCC)COP(=O)(O)OCC[N+](C)(C)C. The van der Waals surface area contributed by atoms with E-state index in [1.54, 1.807) is 0 Å². The van der Waals surface area contributed by atoms with E-state index in [1.807, 2.05) is 21.1 Å². The van der Waals surface area contributed by atoms with Crippen LogP contribution in [0.25, 0.3) is 0 Å². The second-order valence-corrected chi connectivity index (χ2v) is 14.7. The molecule has 0 aromatic rings. The minimum absolute atomic E-state index is 0.0760. The van der Waals surface area contributed by atoms with E-state index in [0.717, 1.165) is 51.4 Å². The van der Waals surface area contributed by atoms with Gasteiger partial charge in [0.2, 0.25) is 0 Å². The summed E-state index contributed by atoms with van der Waals surface area (Å²) >= 11 is 0. The lowest BCUT2D eigenvalue weighted by molar-refractivity contribution is -0.870. The van der Waals surface area contributed by atoms with E-state index < -0.39 is 13.9 Å². The summed E-state index contributed by atoms with van der Waals surface area (Å²) in [4.78, 5) is 22.7. The average Bonchev–Trinajstić information content (AvgIpc) is 3.03. The third kappa shape index (κ3) is 35.5. The highest BCUT2D eigenvalue weighted by atomic mass is 31.2. The Morgan fingerprint density at radius 1 is 0.667 bits per heavy atom. The zero-order valence-electron chi connectivity index (χ0n) is 31.2. The molecule has 0 aromatic carbocycles. The zero-order chi connectivity index (χ0) is 35.6. The van der Waals surface area contributed by atoms with Crippen LogP contribution >= 0.6 is 7.82 Å². The Labute approximate surface area is 294 Å². The molecule has 278 valence electrons. The van der Waals surface area contributed by atoms with Gasteiger partial charge in [-0.25, -0.2) is 4.57 Å². The standard InChI is InChI=1S/C39H70NO7P/c1-6-8-10-12-14-16-17-18-19-20-21-22-23-24-26-28-30-32-39(41)47-38(37-46-48(42,43)45-35-33-40(3,4)5)36-44-34-31-29-27-25-15-13-11-9-7-2/h8,10,14,16,18-19,21-22,24,26,38H,6-7,9,11-13,15,17,20,23,25,27-37H2,1-5H3/p+1/b10-8-,16-14-,19-18-,22-21-,26-24-. The van der Waals surface area contributed by atoms with Gasteiger partial charge in [-0.05, 0) is 51.4 Å². The predicted molar refractivity (Wildman–Crippen MR) is 201 cm³/mol. The van der Waals surface area contributed by atoms with Gasteiger partial charge in [0.15, 0.2) is 0 Å². The number of phosphoric ester groups is 1. The van der Waals surface area contributed by atoms with Crippen LogP contribution in [0.1, 0.15) is 123 Å². The second-order valence-electron chi connectivity index (χ2n) is 13.2. The molecule has 0 fully saturated rings. The van der Waals surface area contributed by atoms with Crippen molar-refractivity contribution < 1.29 is 37.3 Å². The fourth-order valence-corrected chi connectivity index (χ4v) is 5.21. The first-order valence-corrected chi connectivity index (χ1v) is 20.0. The molecule has 0 heterocycles. The van der Waals surface area contributed by atoms with Crippen LogP contribution < -0.4 is 0 Å². The fraction of sp³-hybridized carbons (Fsp3) is 0.718. The molecule has 0 aliphatic heterocycles. The van der Waals surface area contributed by atoms with Crippen molar-refractivity contribution in [2.24, 2.45) is 0 Å². The minimum atomic E-state index is -4.28. The number of allylic oxidation sites excluding steroid dienone is 10. The summed E-state index contributed by atoms with van der Waals surface area (Å²) < 4.78 is 34.7. The molecule has 0 saturated carbocycles. The van der Waals surface area contributed by atoms with E-state index in [1.165, 1.54) is 44.9 Å². The van der Waals surface area contributed by atoms with Gasteiger partial charge in [-0.15, -0.1) is 0 Å². The number of quaternary nitrogens is 1. The Morgan fingerprint density at radius 3 is 1.73 bits per heavy atom. The number of phosphoric acid groups is 1. The molecule has 8 nitrogen and oxygen atoms in total. The minimum Gasteiger partial charge on any atom is -0.457 e. The number of rotatable bonds is 33. The van der Waals surface area contributed by atoms with Crippen LogP contribution in [0.2, 0.25) is 0 Å². The Kier molecular flexibility index (Phi) is 31.2. The molecular formula is C39H71NO7P+. The Balaban J connectivity index is 4.42. The van der Waals surface area contributed by atoms with Gasteiger partial charge in [-0.1, -0.05) is 126 Å². The zero-order valence-corrected chi connectivity index (χ0v) is 32.1. The lowest BCUT2D eigenvalue weighted by Gasteiger charge is -2.24. The molecule has 2 unspecified atom stereocenters. The van der Waals surface area contributed by atoms with Crippen molar-refractivity contribution in [3.63, 3.8) is 0 Å². The molecule has 48 heavy (non-hydrogen) atoms. The Hall–Kier alpha value is -1.80. The normalized spacial score (nSPS) is 14.7. The molecule has 2 atom stereocenters. The third-order valence-corrected chi connectivity index (χ3v) is 8.33. The number of likely N-dealkylation sites (N-methyl/N-ethyl adjacent to an activating group) is 1. The van der Waals surface area contributed by atoms with E-state index in [2.05, 4.69) is 74.6 Å². The summed E-state index contributed by atoms with van der Waals surface area (Å²) in [6.45, 7) is 5.38. The summed E-state index contributed by atoms with van der Waals surface area (Å²) in [6, 6.07) is 0. The molecule has 0 aliphatic carbocycles. The summed E-state index contributed by atoms with van der Waals surface area (Å²) in [5.41, 5.74) is 0. The van der Waals surface area contributed by atoms with Gasteiger partial charge in [-0.2, -0.15) is 0 Å². The van der Waals surface area contributed by atoms with E-state index in [9.17, 15) is 14.3 Å². The van der Waals surface area contributed by atoms with Crippen LogP contribution in [-0.4, -0.2) is 75.6 Å². The first-order valence-electron chi connectivity index (χ1n) is 18.5. The molecule has 0 bridgehead atoms. The monoisotopic (exact) mass is 696 g/mol. The first-order chi connectivity index (χ1) is 23.1. The molecule has 0 aliphatic rings. The van der Waals surface area contributed by atoms with Gasteiger partial charge in [0, 0.05) is 13.0 Å². The molecule has 0 radical (unpaired) electrons. The number of hydrogen-bond donors (Lipinski definition) is 1. The molecule has 0 spiro atoms. The van der Waals surface area contributed by atoms with Crippen LogP contribution in [0.4, 0.5) is 0 Å². The number of unbranched alkanes of at least 4 members (excludes halogenated alkanes) is 9. The third-order valence-electron chi connectivity index (χ3n) is 7.34. The smallest absolute Gasteiger partial charge is 0.457 e. The largest absolute Gasteiger partial charge is 0.472 e. The molecule has 0 rings (SSSR count). The molecule has 0 saturated heterocycles. The highest BCUT2D eigenvalue weighted by Crippen LogP contribution is 2.43. The molecule has 0 aromatic heterocycles.